The Balaban J connectivity index is 1.32. The molecule has 5 heteroatoms. The Labute approximate surface area is 185 Å². The van der Waals surface area contributed by atoms with Crippen LogP contribution in [0.1, 0.15) is 72.1 Å². The lowest BCUT2D eigenvalue weighted by atomic mass is 9.79. The number of carbonyl (C=O) groups excluding carboxylic acids is 1. The quantitative estimate of drug-likeness (QED) is 0.679. The summed E-state index contributed by atoms with van der Waals surface area (Å²) in [5.74, 6) is 1.16. The number of nitrogens with one attached hydrogen (secondary N) is 2. The van der Waals surface area contributed by atoms with Gasteiger partial charge in [0.2, 0.25) is 0 Å². The molecule has 2 N–H and O–H groups in total. The summed E-state index contributed by atoms with van der Waals surface area (Å²) in [5, 5.41) is 3.19. The van der Waals surface area contributed by atoms with Crippen molar-refractivity contribution in [3.8, 4) is 0 Å². The Morgan fingerprint density at radius 3 is 2.84 bits per heavy atom. The second kappa shape index (κ2) is 9.23. The Hall–Kier alpha value is -2.66. The van der Waals surface area contributed by atoms with Gasteiger partial charge in [0, 0.05) is 49.9 Å². The third kappa shape index (κ3) is 4.99. The van der Waals surface area contributed by atoms with Crippen LogP contribution in [-0.2, 0) is 4.74 Å². The predicted molar refractivity (Wildman–Crippen MR) is 124 cm³/mol. The van der Waals surface area contributed by atoms with Gasteiger partial charge in [-0.15, -0.1) is 0 Å². The highest BCUT2D eigenvalue weighted by atomic mass is 16.5. The van der Waals surface area contributed by atoms with Crippen molar-refractivity contribution in [2.24, 2.45) is 5.92 Å². The summed E-state index contributed by atoms with van der Waals surface area (Å²) in [4.78, 5) is 20.4. The molecule has 31 heavy (non-hydrogen) atoms. The zero-order chi connectivity index (χ0) is 21.8. The minimum atomic E-state index is -0.332. The molecule has 164 valence electrons. The molecule has 0 bridgehead atoms. The number of H-pyrrole nitrogens is 1. The van der Waals surface area contributed by atoms with E-state index in [2.05, 4.69) is 53.4 Å². The van der Waals surface area contributed by atoms with Crippen LogP contribution in [0.5, 0.6) is 0 Å². The van der Waals surface area contributed by atoms with Gasteiger partial charge in [0.25, 0.3) is 5.91 Å². The molecule has 2 aromatic heterocycles. The molecule has 5 nitrogen and oxygen atoms in total. The monoisotopic (exact) mass is 419 g/mol. The van der Waals surface area contributed by atoms with Gasteiger partial charge in [-0.2, -0.15) is 0 Å². The summed E-state index contributed by atoms with van der Waals surface area (Å²) < 4.78 is 5.64. The van der Waals surface area contributed by atoms with Crippen LogP contribution in [0, 0.1) is 12.8 Å². The average molecular weight is 420 g/mol. The molecule has 1 fully saturated rings. The fraction of sp³-hybridized carbons (Fsp3) is 0.462. The van der Waals surface area contributed by atoms with Gasteiger partial charge in [0.15, 0.2) is 0 Å². The summed E-state index contributed by atoms with van der Waals surface area (Å²) in [6.45, 7) is 4.85. The maximum atomic E-state index is 13.0. The van der Waals surface area contributed by atoms with Gasteiger partial charge in [0.1, 0.15) is 0 Å². The molecule has 1 amide bonds. The maximum Gasteiger partial charge on any atom is 0.253 e. The largest absolute Gasteiger partial charge is 0.374 e. The predicted octanol–water partition coefficient (Wildman–Crippen LogP) is 5.17. The molecule has 0 spiro atoms. The molecule has 2 heterocycles. The highest BCUT2D eigenvalue weighted by Gasteiger charge is 2.28. The zero-order valence-corrected chi connectivity index (χ0v) is 18.8. The smallest absolute Gasteiger partial charge is 0.253 e. The summed E-state index contributed by atoms with van der Waals surface area (Å²) in [6, 6.07) is 4.36. The molecule has 2 aromatic rings. The standard InChI is InChI=1S/C26H33N3O2/c1-18-13-21(10-12-28-18)20-8-6-19(7-9-20)15-29-25(30)24-17-27-16-23(24)22-5-4-11-26(2,14-22)31-3/h4-5,10-13,16-17,19-20,27H,6-9,14-15H2,1-3H3,(H,29,30). The van der Waals surface area contributed by atoms with Crippen molar-refractivity contribution >= 4 is 11.5 Å². The molecule has 0 aromatic carbocycles. The second-order valence-electron chi connectivity index (χ2n) is 9.19. The number of methoxy groups -OCH3 is 1. The fourth-order valence-corrected chi connectivity index (χ4v) is 4.86. The van der Waals surface area contributed by atoms with E-state index in [1.54, 1.807) is 13.3 Å². The van der Waals surface area contributed by atoms with Gasteiger partial charge in [-0.3, -0.25) is 9.78 Å². The van der Waals surface area contributed by atoms with Gasteiger partial charge in [0.05, 0.1) is 11.2 Å². The topological polar surface area (TPSA) is 67.0 Å². The van der Waals surface area contributed by atoms with E-state index in [0.717, 1.165) is 42.6 Å². The number of pyridine rings is 1. The first kappa shape index (κ1) is 21.6. The van der Waals surface area contributed by atoms with Gasteiger partial charge in [-0.25, -0.2) is 0 Å². The molecule has 4 rings (SSSR count). The number of rotatable bonds is 6. The van der Waals surface area contributed by atoms with Crippen molar-refractivity contribution in [1.82, 2.24) is 15.3 Å². The lowest BCUT2D eigenvalue weighted by Gasteiger charge is -2.29. The normalized spacial score (nSPS) is 25.8. The van der Waals surface area contributed by atoms with E-state index in [9.17, 15) is 4.79 Å². The van der Waals surface area contributed by atoms with Crippen LogP contribution in [0.15, 0.2) is 49.0 Å². The number of allylic oxidation sites excluding steroid dienone is 2. The van der Waals surface area contributed by atoms with E-state index >= 15 is 0 Å². The van der Waals surface area contributed by atoms with Crippen LogP contribution in [0.3, 0.4) is 0 Å². The molecule has 0 radical (unpaired) electrons. The molecule has 0 saturated heterocycles. The Kier molecular flexibility index (Phi) is 6.42. The van der Waals surface area contributed by atoms with Crippen LogP contribution in [0.4, 0.5) is 0 Å². The number of nitrogens with zero attached hydrogens (tertiary/aromatic N) is 1. The van der Waals surface area contributed by atoms with Gasteiger partial charge >= 0.3 is 0 Å². The molecular weight excluding hydrogens is 386 g/mol. The Morgan fingerprint density at radius 2 is 2.10 bits per heavy atom. The van der Waals surface area contributed by atoms with Crippen molar-refractivity contribution in [3.05, 3.63) is 71.3 Å². The third-order valence-corrected chi connectivity index (χ3v) is 6.88. The molecule has 2 aliphatic carbocycles. The van der Waals surface area contributed by atoms with Crippen LogP contribution >= 0.6 is 0 Å². The molecule has 2 aliphatic rings. The number of ether oxygens (including phenoxy) is 1. The van der Waals surface area contributed by atoms with E-state index < -0.39 is 0 Å². The lowest BCUT2D eigenvalue weighted by Crippen LogP contribution is -2.31. The molecule has 0 aliphatic heterocycles. The number of aromatic nitrogens is 2. The number of amides is 1. The van der Waals surface area contributed by atoms with Crippen molar-refractivity contribution in [2.45, 2.75) is 57.5 Å². The van der Waals surface area contributed by atoms with Crippen LogP contribution in [0.25, 0.3) is 5.57 Å². The SMILES string of the molecule is COC1(C)C=CC=C(c2c[nH]cc2C(=O)NCC2CCC(c3ccnc(C)c3)CC2)C1. The zero-order valence-electron chi connectivity index (χ0n) is 18.8. The minimum Gasteiger partial charge on any atom is -0.374 e. The van der Waals surface area contributed by atoms with E-state index in [1.807, 2.05) is 18.5 Å². The summed E-state index contributed by atoms with van der Waals surface area (Å²) in [5.41, 5.74) is 4.95. The van der Waals surface area contributed by atoms with Crippen molar-refractivity contribution in [3.63, 3.8) is 0 Å². The average Bonchev–Trinajstić information content (AvgIpc) is 3.28. The van der Waals surface area contributed by atoms with Gasteiger partial charge in [-0.05, 0) is 74.6 Å². The lowest BCUT2D eigenvalue weighted by molar-refractivity contribution is 0.0526. The van der Waals surface area contributed by atoms with Crippen LogP contribution < -0.4 is 5.32 Å². The van der Waals surface area contributed by atoms with Gasteiger partial charge in [-0.1, -0.05) is 18.2 Å². The van der Waals surface area contributed by atoms with Gasteiger partial charge < -0.3 is 15.0 Å². The number of aromatic amines is 1. The Bertz CT molecular complexity index is 982. The van der Waals surface area contributed by atoms with Crippen molar-refractivity contribution in [1.29, 1.82) is 0 Å². The molecule has 1 unspecified atom stereocenters. The summed E-state index contributed by atoms with van der Waals surface area (Å²) in [6.07, 6.45) is 17.2. The van der Waals surface area contributed by atoms with Crippen molar-refractivity contribution in [2.75, 3.05) is 13.7 Å². The highest BCUT2D eigenvalue weighted by molar-refractivity contribution is 5.99. The second-order valence-corrected chi connectivity index (χ2v) is 9.19. The van der Waals surface area contributed by atoms with Crippen LogP contribution in [-0.4, -0.2) is 35.1 Å². The molecular formula is C26H33N3O2. The number of hydrogen-bond acceptors (Lipinski definition) is 3. The first-order valence-corrected chi connectivity index (χ1v) is 11.3. The van der Waals surface area contributed by atoms with E-state index in [0.29, 0.717) is 17.4 Å². The number of hydrogen-bond donors (Lipinski definition) is 2. The first-order chi connectivity index (χ1) is 15.0. The van der Waals surface area contributed by atoms with Crippen molar-refractivity contribution < 1.29 is 9.53 Å². The molecule has 1 atom stereocenters. The highest BCUT2D eigenvalue weighted by Crippen LogP contribution is 2.36. The Morgan fingerprint density at radius 1 is 1.29 bits per heavy atom. The number of carbonyl (C=O) groups is 1. The summed E-state index contributed by atoms with van der Waals surface area (Å²) >= 11 is 0. The summed E-state index contributed by atoms with van der Waals surface area (Å²) in [7, 11) is 1.72. The first-order valence-electron chi connectivity index (χ1n) is 11.3. The van der Waals surface area contributed by atoms with Crippen LogP contribution in [0.2, 0.25) is 0 Å². The minimum absolute atomic E-state index is 0.00213. The van der Waals surface area contributed by atoms with E-state index in [4.69, 9.17) is 4.74 Å². The fourth-order valence-electron chi connectivity index (χ4n) is 4.86. The molecule has 1 saturated carbocycles. The maximum absolute atomic E-state index is 13.0. The third-order valence-electron chi connectivity index (χ3n) is 6.88. The van der Waals surface area contributed by atoms with E-state index in [-0.39, 0.29) is 11.5 Å². The van der Waals surface area contributed by atoms with E-state index in [1.165, 1.54) is 18.4 Å². The number of aryl methyl sites for hydroxylation is 1.